The molecule has 0 saturated carbocycles. The third-order valence-electron chi connectivity index (χ3n) is 2.51. The monoisotopic (exact) mass is 257 g/mol. The summed E-state index contributed by atoms with van der Waals surface area (Å²) in [6, 6.07) is 1.78. The van der Waals surface area contributed by atoms with Gasteiger partial charge in [-0.2, -0.15) is 0 Å². The molecule has 0 N–H and O–H groups in total. The summed E-state index contributed by atoms with van der Waals surface area (Å²) in [6.45, 7) is 7.75. The fraction of sp³-hybridized carbons (Fsp3) is 0.188. The molecule has 0 radical (unpaired) electrons. The highest BCUT2D eigenvalue weighted by Gasteiger charge is 2.05. The van der Waals surface area contributed by atoms with Gasteiger partial charge in [0.25, 0.3) is 5.56 Å². The van der Waals surface area contributed by atoms with Crippen LogP contribution in [0.25, 0.3) is 6.08 Å². The topological polar surface area (TPSA) is 31.2 Å². The van der Waals surface area contributed by atoms with Gasteiger partial charge in [-0.3, -0.25) is 4.79 Å². The van der Waals surface area contributed by atoms with Crippen molar-refractivity contribution >= 4 is 6.08 Å². The van der Waals surface area contributed by atoms with Gasteiger partial charge in [0, 0.05) is 13.2 Å². The van der Waals surface area contributed by atoms with Crippen molar-refractivity contribution in [2.75, 3.05) is 6.61 Å². The van der Waals surface area contributed by atoms with Gasteiger partial charge in [-0.1, -0.05) is 49.6 Å². The maximum absolute atomic E-state index is 11.8. The van der Waals surface area contributed by atoms with Crippen LogP contribution in [-0.2, 0) is 7.05 Å². The Labute approximate surface area is 113 Å². The summed E-state index contributed by atoms with van der Waals surface area (Å²) in [7, 11) is 1.70. The molecule has 0 spiro atoms. The summed E-state index contributed by atoms with van der Waals surface area (Å²) in [5.74, 6) is 0.577. The van der Waals surface area contributed by atoms with Crippen LogP contribution in [0.15, 0.2) is 60.6 Å². The van der Waals surface area contributed by atoms with E-state index in [9.17, 15) is 4.79 Å². The second-order valence-corrected chi connectivity index (χ2v) is 3.90. The van der Waals surface area contributed by atoms with Crippen LogP contribution < -0.4 is 10.3 Å². The van der Waals surface area contributed by atoms with Crippen molar-refractivity contribution in [1.29, 1.82) is 0 Å². The van der Waals surface area contributed by atoms with Gasteiger partial charge in [0.05, 0.1) is 12.2 Å². The van der Waals surface area contributed by atoms with E-state index in [2.05, 4.69) is 13.2 Å². The van der Waals surface area contributed by atoms with E-state index < -0.39 is 0 Å². The van der Waals surface area contributed by atoms with E-state index in [1.807, 2.05) is 24.3 Å². The standard InChI is InChI=1S/C16H19NO2/c1-4-6-7-8-9-10-13-19-15-11-12-17(3)16(18)14(15)5-2/h4-9,11-12H,1-2,10,13H2,3H3/b7-6-,9-8-. The largest absolute Gasteiger partial charge is 0.492 e. The van der Waals surface area contributed by atoms with E-state index >= 15 is 0 Å². The zero-order valence-electron chi connectivity index (χ0n) is 11.2. The molecule has 3 nitrogen and oxygen atoms in total. The second kappa shape index (κ2) is 7.93. The average molecular weight is 257 g/mol. The minimum atomic E-state index is -0.100. The van der Waals surface area contributed by atoms with Crippen molar-refractivity contribution in [3.63, 3.8) is 0 Å². The first-order valence-electron chi connectivity index (χ1n) is 6.09. The minimum absolute atomic E-state index is 0.100. The smallest absolute Gasteiger partial charge is 0.261 e. The number of aryl methyl sites for hydroxylation is 1. The third kappa shape index (κ3) is 4.47. The van der Waals surface area contributed by atoms with Crippen molar-refractivity contribution in [3.8, 4) is 5.75 Å². The molecule has 0 saturated heterocycles. The molecular weight excluding hydrogens is 238 g/mol. The van der Waals surface area contributed by atoms with E-state index in [4.69, 9.17) is 4.74 Å². The molecule has 0 fully saturated rings. The van der Waals surface area contributed by atoms with Crippen LogP contribution in [0, 0.1) is 0 Å². The molecule has 0 aliphatic heterocycles. The highest BCUT2D eigenvalue weighted by atomic mass is 16.5. The Hall–Kier alpha value is -2.29. The molecule has 3 heteroatoms. The van der Waals surface area contributed by atoms with Gasteiger partial charge in [0.2, 0.25) is 0 Å². The Morgan fingerprint density at radius 1 is 1.32 bits per heavy atom. The molecule has 0 bridgehead atoms. The lowest BCUT2D eigenvalue weighted by molar-refractivity contribution is 0.323. The Kier molecular flexibility index (Phi) is 6.16. The summed E-state index contributed by atoms with van der Waals surface area (Å²) in [6.07, 6.45) is 13.4. The Morgan fingerprint density at radius 3 is 2.79 bits per heavy atom. The van der Waals surface area contributed by atoms with Crippen molar-refractivity contribution in [2.45, 2.75) is 6.42 Å². The average Bonchev–Trinajstić information content (AvgIpc) is 2.42. The molecule has 1 aromatic rings. The molecule has 100 valence electrons. The van der Waals surface area contributed by atoms with Gasteiger partial charge in [0.1, 0.15) is 5.75 Å². The molecular formula is C16H19NO2. The number of pyridine rings is 1. The lowest BCUT2D eigenvalue weighted by atomic mass is 10.2. The lowest BCUT2D eigenvalue weighted by Crippen LogP contribution is -2.19. The fourth-order valence-corrected chi connectivity index (χ4v) is 1.50. The fourth-order valence-electron chi connectivity index (χ4n) is 1.50. The summed E-state index contributed by atoms with van der Waals surface area (Å²) in [5, 5.41) is 0. The van der Waals surface area contributed by atoms with Crippen LogP contribution in [0.5, 0.6) is 5.75 Å². The van der Waals surface area contributed by atoms with Gasteiger partial charge in [-0.25, -0.2) is 0 Å². The third-order valence-corrected chi connectivity index (χ3v) is 2.51. The minimum Gasteiger partial charge on any atom is -0.492 e. The number of hydrogen-bond donors (Lipinski definition) is 0. The van der Waals surface area contributed by atoms with Crippen LogP contribution in [0.1, 0.15) is 12.0 Å². The lowest BCUT2D eigenvalue weighted by Gasteiger charge is -2.08. The number of nitrogens with zero attached hydrogens (tertiary/aromatic N) is 1. The normalized spacial score (nSPS) is 11.0. The first kappa shape index (κ1) is 14.8. The maximum atomic E-state index is 11.8. The summed E-state index contributed by atoms with van der Waals surface area (Å²) in [5.41, 5.74) is 0.400. The zero-order valence-corrected chi connectivity index (χ0v) is 11.2. The molecule has 0 aliphatic rings. The quantitative estimate of drug-likeness (QED) is 0.555. The first-order valence-corrected chi connectivity index (χ1v) is 6.09. The van der Waals surface area contributed by atoms with Gasteiger partial charge >= 0.3 is 0 Å². The van der Waals surface area contributed by atoms with Crippen molar-refractivity contribution < 1.29 is 4.74 Å². The van der Waals surface area contributed by atoms with Crippen LogP contribution in [0.4, 0.5) is 0 Å². The van der Waals surface area contributed by atoms with E-state index in [0.29, 0.717) is 17.9 Å². The van der Waals surface area contributed by atoms with E-state index in [1.165, 1.54) is 10.6 Å². The van der Waals surface area contributed by atoms with Gasteiger partial charge in [-0.05, 0) is 12.5 Å². The second-order valence-electron chi connectivity index (χ2n) is 3.90. The Bertz CT molecular complexity index is 550. The zero-order chi connectivity index (χ0) is 14.1. The predicted octanol–water partition coefficient (Wildman–Crippen LogP) is 3.10. The Balaban J connectivity index is 2.59. The molecule has 1 heterocycles. The number of ether oxygens (including phenoxy) is 1. The van der Waals surface area contributed by atoms with Crippen molar-refractivity contribution in [1.82, 2.24) is 4.57 Å². The molecule has 0 amide bonds. The summed E-state index contributed by atoms with van der Waals surface area (Å²) >= 11 is 0. The maximum Gasteiger partial charge on any atom is 0.261 e. The van der Waals surface area contributed by atoms with Crippen molar-refractivity contribution in [3.05, 3.63) is 71.7 Å². The summed E-state index contributed by atoms with van der Waals surface area (Å²) in [4.78, 5) is 11.8. The van der Waals surface area contributed by atoms with Gasteiger partial charge in [0.15, 0.2) is 0 Å². The van der Waals surface area contributed by atoms with Gasteiger partial charge in [-0.15, -0.1) is 0 Å². The Morgan fingerprint density at radius 2 is 2.11 bits per heavy atom. The molecule has 1 rings (SSSR count). The molecule has 0 unspecified atom stereocenters. The van der Waals surface area contributed by atoms with Crippen LogP contribution >= 0.6 is 0 Å². The van der Waals surface area contributed by atoms with Crippen LogP contribution in [-0.4, -0.2) is 11.2 Å². The SMILES string of the molecule is C=C/C=C\C=C/CCOc1ccn(C)c(=O)c1C=C. The molecule has 0 aliphatic carbocycles. The molecule has 1 aromatic heterocycles. The van der Waals surface area contributed by atoms with Gasteiger partial charge < -0.3 is 9.30 Å². The molecule has 0 atom stereocenters. The summed E-state index contributed by atoms with van der Waals surface area (Å²) < 4.78 is 7.09. The number of rotatable bonds is 7. The molecule has 0 aromatic carbocycles. The highest BCUT2D eigenvalue weighted by molar-refractivity contribution is 5.54. The van der Waals surface area contributed by atoms with Crippen molar-refractivity contribution in [2.24, 2.45) is 7.05 Å². The van der Waals surface area contributed by atoms with Crippen LogP contribution in [0.2, 0.25) is 0 Å². The highest BCUT2D eigenvalue weighted by Crippen LogP contribution is 2.15. The van der Waals surface area contributed by atoms with E-state index in [1.54, 1.807) is 25.4 Å². The van der Waals surface area contributed by atoms with Crippen LogP contribution in [0.3, 0.4) is 0 Å². The predicted molar refractivity (Wildman–Crippen MR) is 80.4 cm³/mol. The molecule has 19 heavy (non-hydrogen) atoms. The number of aromatic nitrogens is 1. The first-order chi connectivity index (χ1) is 9.20. The number of allylic oxidation sites excluding steroid dienone is 4. The van der Waals surface area contributed by atoms with E-state index in [-0.39, 0.29) is 5.56 Å². The van der Waals surface area contributed by atoms with E-state index in [0.717, 1.165) is 6.42 Å². The number of hydrogen-bond acceptors (Lipinski definition) is 2.